The second kappa shape index (κ2) is 3.55. The summed E-state index contributed by atoms with van der Waals surface area (Å²) in [6.45, 7) is 0. The van der Waals surface area contributed by atoms with Crippen molar-refractivity contribution in [3.05, 3.63) is 12.1 Å². The van der Waals surface area contributed by atoms with Gasteiger partial charge >= 0.3 is 0 Å². The summed E-state index contributed by atoms with van der Waals surface area (Å²) in [4.78, 5) is 0. The summed E-state index contributed by atoms with van der Waals surface area (Å²) < 4.78 is 0. The number of benzene rings is 1. The van der Waals surface area contributed by atoms with Crippen LogP contribution < -0.4 is 20.7 Å². The molecule has 0 fully saturated rings. The molecule has 1 aromatic rings. The lowest BCUT2D eigenvalue weighted by Crippen LogP contribution is -2.17. The van der Waals surface area contributed by atoms with Gasteiger partial charge in [0.2, 0.25) is 0 Å². The zero-order chi connectivity index (χ0) is 10.9. The highest BCUT2D eigenvalue weighted by atomic mass is 16.8. The standard InChI is InChI=1S/C6H8N2O6/c9-5-2-3(7(11)12)1-4(6(5)10)8(13)14/h1-2,9-14H/p-2. The molecule has 1 aromatic carbocycles. The number of nitrogens with zero attached hydrogens (tertiary/aromatic N) is 2. The zero-order valence-corrected chi connectivity index (χ0v) is 6.65. The van der Waals surface area contributed by atoms with Crippen molar-refractivity contribution in [1.82, 2.24) is 0 Å². The van der Waals surface area contributed by atoms with Gasteiger partial charge in [-0.1, -0.05) is 5.75 Å². The van der Waals surface area contributed by atoms with E-state index in [9.17, 15) is 10.2 Å². The number of rotatable bonds is 2. The van der Waals surface area contributed by atoms with Gasteiger partial charge in [-0.3, -0.25) is 20.8 Å². The van der Waals surface area contributed by atoms with Crippen molar-refractivity contribution in [1.29, 1.82) is 0 Å². The lowest BCUT2D eigenvalue weighted by Gasteiger charge is -2.25. The first-order valence-electron chi connectivity index (χ1n) is 3.31. The van der Waals surface area contributed by atoms with E-state index in [4.69, 9.17) is 20.8 Å². The maximum absolute atomic E-state index is 10.9. The summed E-state index contributed by atoms with van der Waals surface area (Å²) in [6.07, 6.45) is 0. The zero-order valence-electron chi connectivity index (χ0n) is 6.65. The Hall–Kier alpha value is -1.74. The molecule has 0 aliphatic carbocycles. The fourth-order valence-electron chi connectivity index (χ4n) is 0.837. The first-order chi connectivity index (χ1) is 6.43. The third-order valence-electron chi connectivity index (χ3n) is 1.47. The van der Waals surface area contributed by atoms with Crippen molar-refractivity contribution in [3.63, 3.8) is 0 Å². The molecule has 0 heterocycles. The molecule has 0 radical (unpaired) electrons. The van der Waals surface area contributed by atoms with Crippen LogP contribution in [0.25, 0.3) is 0 Å². The summed E-state index contributed by atoms with van der Waals surface area (Å²) >= 11 is 0. The summed E-state index contributed by atoms with van der Waals surface area (Å²) in [7, 11) is 0. The summed E-state index contributed by atoms with van der Waals surface area (Å²) in [6, 6.07) is 1.35. The van der Waals surface area contributed by atoms with Crippen LogP contribution >= 0.6 is 0 Å². The van der Waals surface area contributed by atoms with Gasteiger partial charge in [0.15, 0.2) is 0 Å². The van der Waals surface area contributed by atoms with E-state index >= 15 is 0 Å². The Bertz CT molecular complexity index is 339. The van der Waals surface area contributed by atoms with Crippen molar-refractivity contribution < 1.29 is 31.0 Å². The van der Waals surface area contributed by atoms with E-state index < -0.39 is 33.3 Å². The molecule has 0 unspecified atom stereocenters. The minimum atomic E-state index is -1.17. The molecule has 0 amide bonds. The monoisotopic (exact) mass is 202 g/mol. The molecule has 0 bridgehead atoms. The fraction of sp³-hybridized carbons (Fsp3) is 0. The van der Waals surface area contributed by atoms with E-state index in [0.717, 1.165) is 0 Å². The predicted molar refractivity (Wildman–Crippen MR) is 37.4 cm³/mol. The van der Waals surface area contributed by atoms with Gasteiger partial charge in [-0.2, -0.15) is 0 Å². The van der Waals surface area contributed by atoms with Crippen LogP contribution in [0, 0.1) is 0 Å². The third-order valence-corrected chi connectivity index (χ3v) is 1.47. The summed E-state index contributed by atoms with van der Waals surface area (Å²) in [5.74, 6) is -2.26. The van der Waals surface area contributed by atoms with Crippen molar-refractivity contribution in [2.24, 2.45) is 0 Å². The van der Waals surface area contributed by atoms with Crippen LogP contribution in [0.15, 0.2) is 12.1 Å². The first-order valence-corrected chi connectivity index (χ1v) is 3.31. The molecule has 0 saturated heterocycles. The van der Waals surface area contributed by atoms with E-state index in [1.807, 2.05) is 0 Å². The number of hydrogen-bond acceptors (Lipinski definition) is 8. The van der Waals surface area contributed by atoms with Crippen molar-refractivity contribution in [2.45, 2.75) is 0 Å². The van der Waals surface area contributed by atoms with Gasteiger partial charge in [0.05, 0.1) is 11.4 Å². The SMILES string of the molecule is [O-]c1cc(N(O)O)cc(N(O)O)c1[O-]. The largest absolute Gasteiger partial charge is 0.873 e. The average Bonchev–Trinajstić information content (AvgIpc) is 2.08. The normalized spacial score (nSPS) is 10.0. The lowest BCUT2D eigenvalue weighted by molar-refractivity contribution is -0.317. The van der Waals surface area contributed by atoms with E-state index in [1.165, 1.54) is 0 Å². The van der Waals surface area contributed by atoms with Gasteiger partial charge in [0, 0.05) is 0 Å². The van der Waals surface area contributed by atoms with E-state index in [0.29, 0.717) is 12.1 Å². The summed E-state index contributed by atoms with van der Waals surface area (Å²) in [5.41, 5.74) is -1.24. The Kier molecular flexibility index (Phi) is 2.63. The molecule has 0 spiro atoms. The number of anilines is 2. The molecular weight excluding hydrogens is 196 g/mol. The first kappa shape index (κ1) is 10.3. The maximum atomic E-state index is 10.9. The van der Waals surface area contributed by atoms with Crippen molar-refractivity contribution >= 4 is 11.4 Å². The van der Waals surface area contributed by atoms with Crippen molar-refractivity contribution in [2.75, 3.05) is 10.5 Å². The van der Waals surface area contributed by atoms with Crippen LogP contribution in [-0.4, -0.2) is 20.8 Å². The molecule has 0 aromatic heterocycles. The van der Waals surface area contributed by atoms with Crippen LogP contribution in [-0.2, 0) is 0 Å². The second-order valence-electron chi connectivity index (χ2n) is 2.37. The highest BCUT2D eigenvalue weighted by Crippen LogP contribution is 2.34. The molecule has 1 rings (SSSR count). The van der Waals surface area contributed by atoms with Crippen molar-refractivity contribution in [3.8, 4) is 11.5 Å². The minimum absolute atomic E-state index is 0.423. The van der Waals surface area contributed by atoms with Crippen LogP contribution in [0.1, 0.15) is 0 Å². The van der Waals surface area contributed by atoms with Crippen LogP contribution in [0.4, 0.5) is 11.4 Å². The molecule has 14 heavy (non-hydrogen) atoms. The Morgan fingerprint density at radius 2 is 1.50 bits per heavy atom. The Balaban J connectivity index is 3.28. The van der Waals surface area contributed by atoms with Gasteiger partial charge in [-0.15, -0.1) is 16.2 Å². The Labute approximate surface area is 77.5 Å². The van der Waals surface area contributed by atoms with Crippen LogP contribution in [0.5, 0.6) is 11.5 Å². The average molecular weight is 202 g/mol. The molecule has 0 atom stereocenters. The molecule has 0 aliphatic rings. The van der Waals surface area contributed by atoms with Gasteiger partial charge in [-0.05, 0) is 12.1 Å². The van der Waals surface area contributed by atoms with E-state index in [-0.39, 0.29) is 0 Å². The Morgan fingerprint density at radius 1 is 0.929 bits per heavy atom. The highest BCUT2D eigenvalue weighted by molar-refractivity contribution is 5.67. The lowest BCUT2D eigenvalue weighted by atomic mass is 10.2. The third kappa shape index (κ3) is 1.78. The van der Waals surface area contributed by atoms with Crippen LogP contribution in [0.3, 0.4) is 0 Å². The van der Waals surface area contributed by atoms with Gasteiger partial charge < -0.3 is 10.2 Å². The van der Waals surface area contributed by atoms with E-state index in [1.54, 1.807) is 0 Å². The summed E-state index contributed by atoms with van der Waals surface area (Å²) in [5, 5.41) is 54.8. The highest BCUT2D eigenvalue weighted by Gasteiger charge is 2.06. The molecule has 0 saturated carbocycles. The molecule has 4 N–H and O–H groups in total. The molecule has 8 nitrogen and oxygen atoms in total. The predicted octanol–water partition coefficient (Wildman–Crippen LogP) is -0.997. The second-order valence-corrected chi connectivity index (χ2v) is 2.37. The van der Waals surface area contributed by atoms with E-state index in [2.05, 4.69) is 0 Å². The van der Waals surface area contributed by atoms with Gasteiger partial charge in [-0.25, -0.2) is 0 Å². The number of hydrogen-bond donors (Lipinski definition) is 4. The minimum Gasteiger partial charge on any atom is -0.873 e. The Morgan fingerprint density at radius 3 is 1.93 bits per heavy atom. The topological polar surface area (TPSA) is 134 Å². The van der Waals surface area contributed by atoms with Gasteiger partial charge in [0.1, 0.15) is 0 Å². The molecular formula is C6H6N2O6-2. The quantitative estimate of drug-likeness (QED) is 0.449. The van der Waals surface area contributed by atoms with Gasteiger partial charge in [0.25, 0.3) is 0 Å². The smallest absolute Gasteiger partial charge is 0.0958 e. The molecule has 8 heteroatoms. The maximum Gasteiger partial charge on any atom is 0.0958 e. The molecule has 0 aliphatic heterocycles. The van der Waals surface area contributed by atoms with Crippen LogP contribution in [0.2, 0.25) is 0 Å². The fourth-order valence-corrected chi connectivity index (χ4v) is 0.837. The molecule has 78 valence electrons.